The van der Waals surface area contributed by atoms with Crippen molar-refractivity contribution in [2.45, 2.75) is 37.8 Å². The summed E-state index contributed by atoms with van der Waals surface area (Å²) in [6.45, 7) is 0.900. The van der Waals surface area contributed by atoms with Gasteiger partial charge in [0.15, 0.2) is 0 Å². The van der Waals surface area contributed by atoms with Crippen LogP contribution in [-0.4, -0.2) is 52.3 Å². The molecule has 0 amide bonds. The second-order valence-electron chi connectivity index (χ2n) is 6.81. The van der Waals surface area contributed by atoms with Gasteiger partial charge < -0.3 is 15.3 Å². The summed E-state index contributed by atoms with van der Waals surface area (Å²) in [6, 6.07) is 7.34. The summed E-state index contributed by atoms with van der Waals surface area (Å²) in [7, 11) is 4.23. The van der Waals surface area contributed by atoms with Crippen LogP contribution in [-0.2, 0) is 6.54 Å². The van der Waals surface area contributed by atoms with Crippen LogP contribution >= 0.6 is 0 Å². The van der Waals surface area contributed by atoms with Gasteiger partial charge in [0.1, 0.15) is 0 Å². The molecule has 1 aromatic carbocycles. The number of anilines is 1. The number of hydrogen-bond acceptors (Lipinski definition) is 5. The average molecular weight is 330 g/mol. The second kappa shape index (κ2) is 6.91. The van der Waals surface area contributed by atoms with Gasteiger partial charge in [-0.1, -0.05) is 25.0 Å². The lowest BCUT2D eigenvalue weighted by Gasteiger charge is -2.36. The molecular weight excluding hydrogens is 304 g/mol. The Morgan fingerprint density at radius 1 is 1.29 bits per heavy atom. The largest absolute Gasteiger partial charge is 0.395 e. The Labute approximate surface area is 142 Å². The molecule has 2 aromatic rings. The summed E-state index contributed by atoms with van der Waals surface area (Å²) in [5.74, 6) is 0.542. The van der Waals surface area contributed by atoms with Crippen molar-refractivity contribution in [2.75, 3.05) is 32.6 Å². The highest BCUT2D eigenvalue weighted by atomic mass is 16.3. The summed E-state index contributed by atoms with van der Waals surface area (Å²) < 4.78 is 1.54. The number of benzene rings is 1. The third-order valence-electron chi connectivity index (χ3n) is 5.24. The molecule has 1 saturated carbocycles. The highest BCUT2D eigenvalue weighted by Gasteiger charge is 2.36. The number of nitrogens with one attached hydrogen (secondary N) is 1. The van der Waals surface area contributed by atoms with Crippen LogP contribution in [0.2, 0.25) is 0 Å². The van der Waals surface area contributed by atoms with E-state index in [0.29, 0.717) is 16.9 Å². The third-order valence-corrected chi connectivity index (χ3v) is 5.24. The maximum atomic E-state index is 12.7. The van der Waals surface area contributed by atoms with Crippen LogP contribution in [0.3, 0.4) is 0 Å². The molecule has 1 aliphatic rings. The Balaban J connectivity index is 1.96. The van der Waals surface area contributed by atoms with E-state index < -0.39 is 0 Å². The van der Waals surface area contributed by atoms with Gasteiger partial charge in [-0.05, 0) is 39.1 Å². The first-order valence-corrected chi connectivity index (χ1v) is 8.59. The SMILES string of the molecule is CN(C)C1(CNc2nc3ccccc3c(=O)n2CCO)CCCC1. The zero-order valence-corrected chi connectivity index (χ0v) is 14.5. The lowest BCUT2D eigenvalue weighted by molar-refractivity contribution is 0.171. The smallest absolute Gasteiger partial charge is 0.262 e. The Kier molecular flexibility index (Phi) is 4.87. The number of aromatic nitrogens is 2. The van der Waals surface area contributed by atoms with E-state index in [2.05, 4.69) is 29.3 Å². The number of aliphatic hydroxyl groups excluding tert-OH is 1. The monoisotopic (exact) mass is 330 g/mol. The Morgan fingerprint density at radius 2 is 2.00 bits per heavy atom. The second-order valence-corrected chi connectivity index (χ2v) is 6.81. The first kappa shape index (κ1) is 16.9. The summed E-state index contributed by atoms with van der Waals surface area (Å²) >= 11 is 0. The van der Waals surface area contributed by atoms with Crippen LogP contribution in [0.5, 0.6) is 0 Å². The van der Waals surface area contributed by atoms with Crippen molar-refractivity contribution in [3.05, 3.63) is 34.6 Å². The van der Waals surface area contributed by atoms with Crippen molar-refractivity contribution in [1.82, 2.24) is 14.5 Å². The molecule has 0 spiro atoms. The fourth-order valence-electron chi connectivity index (χ4n) is 3.67. The minimum atomic E-state index is -0.109. The number of fused-ring (bicyclic) bond motifs is 1. The maximum Gasteiger partial charge on any atom is 0.262 e. The van der Waals surface area contributed by atoms with Gasteiger partial charge in [0.05, 0.1) is 24.1 Å². The molecule has 6 nitrogen and oxygen atoms in total. The van der Waals surface area contributed by atoms with Crippen LogP contribution in [0.1, 0.15) is 25.7 Å². The molecule has 0 aliphatic heterocycles. The Bertz CT molecular complexity index is 763. The van der Waals surface area contributed by atoms with Crippen molar-refractivity contribution in [3.63, 3.8) is 0 Å². The molecule has 1 aromatic heterocycles. The molecule has 0 unspecified atom stereocenters. The maximum absolute atomic E-state index is 12.7. The van der Waals surface area contributed by atoms with Crippen LogP contribution in [0.4, 0.5) is 5.95 Å². The predicted molar refractivity (Wildman–Crippen MR) is 96.5 cm³/mol. The molecule has 6 heteroatoms. The quantitative estimate of drug-likeness (QED) is 0.843. The van der Waals surface area contributed by atoms with Gasteiger partial charge in [0.25, 0.3) is 5.56 Å². The highest BCUT2D eigenvalue weighted by molar-refractivity contribution is 5.78. The molecule has 130 valence electrons. The molecule has 1 heterocycles. The molecule has 3 rings (SSSR count). The minimum Gasteiger partial charge on any atom is -0.395 e. The van der Waals surface area contributed by atoms with E-state index in [9.17, 15) is 9.90 Å². The lowest BCUT2D eigenvalue weighted by atomic mass is 9.96. The standard InChI is InChI=1S/C18H26N4O2/c1-21(2)18(9-5-6-10-18)13-19-17-20-15-8-4-3-7-14(15)16(24)22(17)11-12-23/h3-4,7-8,23H,5-6,9-13H2,1-2H3,(H,19,20). The zero-order chi connectivity index (χ0) is 17.2. The Morgan fingerprint density at radius 3 is 2.67 bits per heavy atom. The number of para-hydroxylation sites is 1. The average Bonchev–Trinajstić information content (AvgIpc) is 3.06. The van der Waals surface area contributed by atoms with Gasteiger partial charge in [-0.2, -0.15) is 0 Å². The number of rotatable bonds is 6. The first-order valence-electron chi connectivity index (χ1n) is 8.59. The fraction of sp³-hybridized carbons (Fsp3) is 0.556. The molecule has 2 N–H and O–H groups in total. The van der Waals surface area contributed by atoms with Gasteiger partial charge >= 0.3 is 0 Å². The molecule has 1 aliphatic carbocycles. The molecular formula is C18H26N4O2. The summed E-state index contributed by atoms with van der Waals surface area (Å²) in [4.78, 5) is 19.6. The predicted octanol–water partition coefficient (Wildman–Crippen LogP) is 1.68. The van der Waals surface area contributed by atoms with E-state index in [1.807, 2.05) is 18.2 Å². The molecule has 1 fully saturated rings. The van der Waals surface area contributed by atoms with Gasteiger partial charge in [-0.25, -0.2) is 4.98 Å². The first-order chi connectivity index (χ1) is 11.6. The van der Waals surface area contributed by atoms with Crippen LogP contribution in [0.15, 0.2) is 29.1 Å². The number of hydrogen-bond donors (Lipinski definition) is 2. The van der Waals surface area contributed by atoms with Gasteiger partial charge in [-0.15, -0.1) is 0 Å². The summed E-state index contributed by atoms with van der Waals surface area (Å²) in [5.41, 5.74) is 0.680. The van der Waals surface area contributed by atoms with E-state index in [-0.39, 0.29) is 24.2 Å². The van der Waals surface area contributed by atoms with Crippen LogP contribution < -0.4 is 10.9 Å². The zero-order valence-electron chi connectivity index (χ0n) is 14.5. The topological polar surface area (TPSA) is 70.4 Å². The fourth-order valence-corrected chi connectivity index (χ4v) is 3.67. The van der Waals surface area contributed by atoms with Crippen LogP contribution in [0, 0.1) is 0 Å². The van der Waals surface area contributed by atoms with Crippen molar-refractivity contribution in [1.29, 1.82) is 0 Å². The van der Waals surface area contributed by atoms with Crippen molar-refractivity contribution >= 4 is 16.9 Å². The summed E-state index contributed by atoms with van der Waals surface area (Å²) in [5, 5.41) is 13.3. The van der Waals surface area contributed by atoms with Crippen molar-refractivity contribution < 1.29 is 5.11 Å². The van der Waals surface area contributed by atoms with Gasteiger partial charge in [0.2, 0.25) is 5.95 Å². The van der Waals surface area contributed by atoms with E-state index in [1.165, 1.54) is 12.8 Å². The van der Waals surface area contributed by atoms with Gasteiger partial charge in [0, 0.05) is 12.1 Å². The molecule has 0 atom stereocenters. The van der Waals surface area contributed by atoms with Crippen LogP contribution in [0.25, 0.3) is 10.9 Å². The van der Waals surface area contributed by atoms with Crippen molar-refractivity contribution in [2.24, 2.45) is 0 Å². The summed E-state index contributed by atoms with van der Waals surface area (Å²) in [6.07, 6.45) is 4.75. The van der Waals surface area contributed by atoms with E-state index in [0.717, 1.165) is 19.4 Å². The van der Waals surface area contributed by atoms with E-state index in [1.54, 1.807) is 10.6 Å². The Hall–Kier alpha value is -1.92. The molecule has 24 heavy (non-hydrogen) atoms. The highest BCUT2D eigenvalue weighted by Crippen LogP contribution is 2.33. The third kappa shape index (κ3) is 3.03. The van der Waals surface area contributed by atoms with E-state index >= 15 is 0 Å². The number of nitrogens with zero attached hydrogens (tertiary/aromatic N) is 3. The number of likely N-dealkylation sites (N-methyl/N-ethyl adjacent to an activating group) is 1. The molecule has 0 saturated heterocycles. The number of aliphatic hydroxyl groups is 1. The normalized spacial score (nSPS) is 16.8. The molecule has 0 radical (unpaired) electrons. The van der Waals surface area contributed by atoms with Crippen molar-refractivity contribution in [3.8, 4) is 0 Å². The molecule has 0 bridgehead atoms. The van der Waals surface area contributed by atoms with Gasteiger partial charge in [-0.3, -0.25) is 9.36 Å². The lowest BCUT2D eigenvalue weighted by Crippen LogP contribution is -2.48. The van der Waals surface area contributed by atoms with E-state index in [4.69, 9.17) is 0 Å². The minimum absolute atomic E-state index is 0.0899.